The van der Waals surface area contributed by atoms with E-state index in [1.54, 1.807) is 0 Å². The molecule has 0 spiro atoms. The highest BCUT2D eigenvalue weighted by atomic mass is 32.2. The van der Waals surface area contributed by atoms with E-state index >= 15 is 0 Å². The predicted molar refractivity (Wildman–Crippen MR) is 107 cm³/mol. The van der Waals surface area contributed by atoms with Gasteiger partial charge in [0.15, 0.2) is 5.16 Å². The summed E-state index contributed by atoms with van der Waals surface area (Å²) in [6, 6.07) is 9.58. The number of hydrogen-bond acceptors (Lipinski definition) is 8. The second-order valence-electron chi connectivity index (χ2n) is 6.34. The molecule has 3 rings (SSSR count). The molecule has 0 saturated carbocycles. The first kappa shape index (κ1) is 19.4. The number of nitrogens with one attached hydrogen (secondary N) is 2. The zero-order chi connectivity index (χ0) is 19.1. The fraction of sp³-hybridized carbons (Fsp3) is 0.444. The van der Waals surface area contributed by atoms with Crippen molar-refractivity contribution in [3.8, 4) is 0 Å². The Bertz CT molecular complexity index is 753. The topological polar surface area (TPSA) is 92.3 Å². The number of morpholine rings is 1. The molecular formula is C18H24N6O2S. The van der Waals surface area contributed by atoms with E-state index in [4.69, 9.17) is 4.74 Å². The Morgan fingerprint density at radius 3 is 2.63 bits per heavy atom. The van der Waals surface area contributed by atoms with Crippen molar-refractivity contribution in [1.29, 1.82) is 0 Å². The van der Waals surface area contributed by atoms with E-state index in [-0.39, 0.29) is 17.7 Å². The second kappa shape index (κ2) is 9.52. The minimum atomic E-state index is -0.0992. The Morgan fingerprint density at radius 2 is 1.93 bits per heavy atom. The zero-order valence-corrected chi connectivity index (χ0v) is 16.3. The lowest BCUT2D eigenvalue weighted by Gasteiger charge is -2.27. The zero-order valence-electron chi connectivity index (χ0n) is 15.5. The number of carbonyl (C=O) groups is 1. The van der Waals surface area contributed by atoms with E-state index in [2.05, 4.69) is 30.5 Å². The summed E-state index contributed by atoms with van der Waals surface area (Å²) < 4.78 is 5.40. The van der Waals surface area contributed by atoms with Gasteiger partial charge in [0.1, 0.15) is 0 Å². The molecule has 1 aromatic heterocycles. The van der Waals surface area contributed by atoms with Crippen LogP contribution in [0.4, 0.5) is 17.6 Å². The van der Waals surface area contributed by atoms with Gasteiger partial charge in [-0.15, -0.1) is 0 Å². The van der Waals surface area contributed by atoms with E-state index in [1.165, 1.54) is 11.8 Å². The Morgan fingerprint density at radius 1 is 1.19 bits per heavy atom. The van der Waals surface area contributed by atoms with Crippen LogP contribution in [0.5, 0.6) is 0 Å². The number of nitrogens with zero attached hydrogens (tertiary/aromatic N) is 4. The third kappa shape index (κ3) is 6.07. The van der Waals surface area contributed by atoms with E-state index in [0.29, 0.717) is 30.3 Å². The molecule has 1 aliphatic rings. The smallest absolute Gasteiger partial charge is 0.234 e. The quantitative estimate of drug-likeness (QED) is 0.698. The minimum Gasteiger partial charge on any atom is -0.378 e. The van der Waals surface area contributed by atoms with Crippen molar-refractivity contribution in [2.75, 3.05) is 47.6 Å². The number of amides is 1. The third-order valence-electron chi connectivity index (χ3n) is 3.70. The second-order valence-corrected chi connectivity index (χ2v) is 7.29. The molecule has 0 atom stereocenters. The molecule has 0 bridgehead atoms. The van der Waals surface area contributed by atoms with Gasteiger partial charge in [-0.3, -0.25) is 4.79 Å². The van der Waals surface area contributed by atoms with Gasteiger partial charge in [0.2, 0.25) is 17.8 Å². The van der Waals surface area contributed by atoms with Gasteiger partial charge in [-0.2, -0.15) is 15.0 Å². The molecule has 9 heteroatoms. The molecule has 1 aliphatic heterocycles. The number of hydrogen-bond donors (Lipinski definition) is 2. The molecule has 1 fully saturated rings. The maximum atomic E-state index is 12.2. The van der Waals surface area contributed by atoms with Gasteiger partial charge >= 0.3 is 0 Å². The summed E-state index contributed by atoms with van der Waals surface area (Å²) in [5, 5.41) is 6.61. The summed E-state index contributed by atoms with van der Waals surface area (Å²) in [4.78, 5) is 27.8. The van der Waals surface area contributed by atoms with Crippen LogP contribution in [0, 0.1) is 0 Å². The van der Waals surface area contributed by atoms with Crippen molar-refractivity contribution in [3.63, 3.8) is 0 Å². The number of benzene rings is 1. The molecule has 1 amide bonds. The molecule has 0 aliphatic carbocycles. The SMILES string of the molecule is CC(C)Nc1nc(SCC(=O)Nc2ccccc2)nc(N2CCOCC2)n1. The molecule has 2 aromatic rings. The fourth-order valence-corrected chi connectivity index (χ4v) is 3.12. The summed E-state index contributed by atoms with van der Waals surface area (Å²) in [7, 11) is 0. The van der Waals surface area contributed by atoms with Gasteiger partial charge in [0.25, 0.3) is 0 Å². The highest BCUT2D eigenvalue weighted by molar-refractivity contribution is 7.99. The van der Waals surface area contributed by atoms with E-state index in [0.717, 1.165) is 18.8 Å². The molecule has 0 unspecified atom stereocenters. The third-order valence-corrected chi connectivity index (χ3v) is 4.55. The standard InChI is InChI=1S/C18H24N6O2S/c1-13(2)19-16-21-17(24-8-10-26-11-9-24)23-18(22-16)27-12-15(25)20-14-6-4-3-5-7-14/h3-7,13H,8-12H2,1-2H3,(H,20,25)(H,19,21,22,23). The summed E-state index contributed by atoms with van der Waals surface area (Å²) in [5.41, 5.74) is 0.773. The Balaban J connectivity index is 1.68. The van der Waals surface area contributed by atoms with Gasteiger partial charge in [-0.05, 0) is 26.0 Å². The molecule has 1 saturated heterocycles. The number of carbonyl (C=O) groups excluding carboxylic acids is 1. The van der Waals surface area contributed by atoms with Crippen molar-refractivity contribution < 1.29 is 9.53 Å². The van der Waals surface area contributed by atoms with Crippen molar-refractivity contribution in [2.24, 2.45) is 0 Å². The lowest BCUT2D eigenvalue weighted by atomic mass is 10.3. The van der Waals surface area contributed by atoms with Crippen molar-refractivity contribution in [1.82, 2.24) is 15.0 Å². The first-order chi connectivity index (χ1) is 13.1. The van der Waals surface area contributed by atoms with Crippen LogP contribution >= 0.6 is 11.8 Å². The molecule has 2 N–H and O–H groups in total. The van der Waals surface area contributed by atoms with Gasteiger partial charge in [-0.25, -0.2) is 0 Å². The van der Waals surface area contributed by atoms with Crippen LogP contribution in [0.25, 0.3) is 0 Å². The lowest BCUT2D eigenvalue weighted by Crippen LogP contribution is -2.37. The van der Waals surface area contributed by atoms with E-state index in [1.807, 2.05) is 44.2 Å². The maximum Gasteiger partial charge on any atom is 0.234 e. The number of para-hydroxylation sites is 1. The molecule has 144 valence electrons. The average molecular weight is 388 g/mol. The fourth-order valence-electron chi connectivity index (χ4n) is 2.49. The predicted octanol–water partition coefficient (Wildman–Crippen LogP) is 2.26. The average Bonchev–Trinajstić information content (AvgIpc) is 2.67. The molecule has 1 aromatic carbocycles. The van der Waals surface area contributed by atoms with Gasteiger partial charge < -0.3 is 20.3 Å². The number of rotatable bonds is 7. The van der Waals surface area contributed by atoms with Crippen LogP contribution < -0.4 is 15.5 Å². The normalized spacial score (nSPS) is 14.3. The van der Waals surface area contributed by atoms with Crippen molar-refractivity contribution in [3.05, 3.63) is 30.3 Å². The minimum absolute atomic E-state index is 0.0992. The molecule has 2 heterocycles. The Kier molecular flexibility index (Phi) is 6.83. The summed E-state index contributed by atoms with van der Waals surface area (Å²) in [6.45, 7) is 6.84. The van der Waals surface area contributed by atoms with Crippen LogP contribution in [-0.4, -0.2) is 59.0 Å². The Hall–Kier alpha value is -2.39. The van der Waals surface area contributed by atoms with E-state index < -0.39 is 0 Å². The van der Waals surface area contributed by atoms with E-state index in [9.17, 15) is 4.79 Å². The lowest BCUT2D eigenvalue weighted by molar-refractivity contribution is -0.113. The highest BCUT2D eigenvalue weighted by Crippen LogP contribution is 2.20. The maximum absolute atomic E-state index is 12.2. The number of ether oxygens (including phenoxy) is 1. The van der Waals surface area contributed by atoms with Gasteiger partial charge in [0.05, 0.1) is 19.0 Å². The molecule has 27 heavy (non-hydrogen) atoms. The van der Waals surface area contributed by atoms with Gasteiger partial charge in [0, 0.05) is 24.8 Å². The molecular weight excluding hydrogens is 364 g/mol. The first-order valence-electron chi connectivity index (χ1n) is 8.93. The van der Waals surface area contributed by atoms with Crippen LogP contribution in [0.15, 0.2) is 35.5 Å². The van der Waals surface area contributed by atoms with Gasteiger partial charge in [-0.1, -0.05) is 30.0 Å². The molecule has 8 nitrogen and oxygen atoms in total. The summed E-state index contributed by atoms with van der Waals surface area (Å²) >= 11 is 1.30. The summed E-state index contributed by atoms with van der Waals surface area (Å²) in [5.74, 6) is 1.26. The van der Waals surface area contributed by atoms with Crippen LogP contribution in [0.1, 0.15) is 13.8 Å². The monoisotopic (exact) mass is 388 g/mol. The number of aromatic nitrogens is 3. The first-order valence-corrected chi connectivity index (χ1v) is 9.92. The van der Waals surface area contributed by atoms with Crippen molar-refractivity contribution in [2.45, 2.75) is 25.0 Å². The van der Waals surface area contributed by atoms with Crippen LogP contribution in [0.3, 0.4) is 0 Å². The van der Waals surface area contributed by atoms with Crippen LogP contribution in [-0.2, 0) is 9.53 Å². The summed E-state index contributed by atoms with van der Waals surface area (Å²) in [6.07, 6.45) is 0. The molecule has 0 radical (unpaired) electrons. The number of anilines is 3. The number of thioether (sulfide) groups is 1. The highest BCUT2D eigenvalue weighted by Gasteiger charge is 2.17. The van der Waals surface area contributed by atoms with Crippen molar-refractivity contribution >= 4 is 35.3 Å². The van der Waals surface area contributed by atoms with Crippen LogP contribution in [0.2, 0.25) is 0 Å². The largest absolute Gasteiger partial charge is 0.378 e. The Labute approximate surface area is 163 Å².